The van der Waals surface area contributed by atoms with E-state index >= 15 is 0 Å². The molecule has 0 bridgehead atoms. The quantitative estimate of drug-likeness (QED) is 0.452. The van der Waals surface area contributed by atoms with Gasteiger partial charge in [0.15, 0.2) is 6.61 Å². The highest BCUT2D eigenvalue weighted by Gasteiger charge is 2.26. The topological polar surface area (TPSA) is 67.4 Å². The van der Waals surface area contributed by atoms with Gasteiger partial charge in [0.2, 0.25) is 0 Å². The van der Waals surface area contributed by atoms with Crippen LogP contribution in [0.3, 0.4) is 0 Å². The van der Waals surface area contributed by atoms with Crippen LogP contribution in [0, 0.1) is 13.8 Å². The number of carbonyl (C=O) groups excluding carboxylic acids is 1. The summed E-state index contributed by atoms with van der Waals surface area (Å²) in [5, 5.41) is 3.40. The van der Waals surface area contributed by atoms with Crippen LogP contribution in [0.1, 0.15) is 16.8 Å². The number of fused-ring (bicyclic) bond motifs is 1. The summed E-state index contributed by atoms with van der Waals surface area (Å²) in [7, 11) is 0. The molecule has 1 N–H and O–H groups in total. The SMILES string of the molecule is Cc1cc(C)cc(Nc2cc(-c3ccc4c(c3)N(Cc3ccccn3)C(=O)CO4)ccn2)c1. The van der Waals surface area contributed by atoms with E-state index in [4.69, 9.17) is 4.74 Å². The van der Waals surface area contributed by atoms with Gasteiger partial charge >= 0.3 is 0 Å². The fraction of sp³-hybridized carbons (Fsp3) is 0.148. The fourth-order valence-corrected chi connectivity index (χ4v) is 4.08. The molecule has 3 heterocycles. The monoisotopic (exact) mass is 436 g/mol. The van der Waals surface area contributed by atoms with Crippen molar-refractivity contribution in [3.8, 4) is 16.9 Å². The Hall–Kier alpha value is -4.19. The van der Waals surface area contributed by atoms with Crippen LogP contribution in [-0.4, -0.2) is 22.5 Å². The fourth-order valence-electron chi connectivity index (χ4n) is 4.08. The van der Waals surface area contributed by atoms with Crippen molar-refractivity contribution < 1.29 is 9.53 Å². The summed E-state index contributed by atoms with van der Waals surface area (Å²) in [6, 6.07) is 21.9. The van der Waals surface area contributed by atoms with Gasteiger partial charge in [0, 0.05) is 18.1 Å². The van der Waals surface area contributed by atoms with Crippen molar-refractivity contribution in [1.82, 2.24) is 9.97 Å². The van der Waals surface area contributed by atoms with Crippen molar-refractivity contribution in [3.63, 3.8) is 0 Å². The number of aromatic nitrogens is 2. The van der Waals surface area contributed by atoms with Crippen LogP contribution in [0.15, 0.2) is 79.1 Å². The summed E-state index contributed by atoms with van der Waals surface area (Å²) in [5.74, 6) is 1.36. The van der Waals surface area contributed by atoms with E-state index < -0.39 is 0 Å². The van der Waals surface area contributed by atoms with E-state index in [1.807, 2.05) is 48.5 Å². The maximum absolute atomic E-state index is 12.7. The highest BCUT2D eigenvalue weighted by Crippen LogP contribution is 2.37. The third-order valence-electron chi connectivity index (χ3n) is 5.54. The second kappa shape index (κ2) is 8.74. The van der Waals surface area contributed by atoms with Crippen molar-refractivity contribution in [2.45, 2.75) is 20.4 Å². The van der Waals surface area contributed by atoms with Gasteiger partial charge in [-0.1, -0.05) is 18.2 Å². The molecular formula is C27H24N4O2. The van der Waals surface area contributed by atoms with Crippen LogP contribution in [0.4, 0.5) is 17.2 Å². The van der Waals surface area contributed by atoms with Crippen molar-refractivity contribution in [2.75, 3.05) is 16.8 Å². The first-order chi connectivity index (χ1) is 16.0. The van der Waals surface area contributed by atoms with Crippen molar-refractivity contribution in [1.29, 1.82) is 0 Å². The molecule has 0 saturated carbocycles. The van der Waals surface area contributed by atoms with Crippen LogP contribution in [0.5, 0.6) is 5.75 Å². The van der Waals surface area contributed by atoms with Gasteiger partial charge in [-0.05, 0) is 84.6 Å². The van der Waals surface area contributed by atoms with Gasteiger partial charge in [-0.3, -0.25) is 14.7 Å². The summed E-state index contributed by atoms with van der Waals surface area (Å²) in [6.07, 6.45) is 3.52. The minimum absolute atomic E-state index is 0.0262. The standard InChI is InChI=1S/C27H24N4O2/c1-18-11-19(2)13-23(12-18)30-26-15-21(8-10-29-26)20-6-7-25-24(14-20)31(27(32)17-33-25)16-22-5-3-4-9-28-22/h3-15H,16-17H2,1-2H3,(H,29,30). The van der Waals surface area contributed by atoms with Crippen LogP contribution >= 0.6 is 0 Å². The van der Waals surface area contributed by atoms with Crippen LogP contribution < -0.4 is 15.0 Å². The Balaban J connectivity index is 1.46. The van der Waals surface area contributed by atoms with E-state index in [0.29, 0.717) is 12.3 Å². The lowest BCUT2D eigenvalue weighted by molar-refractivity contribution is -0.121. The van der Waals surface area contributed by atoms with Gasteiger partial charge in [0.25, 0.3) is 5.91 Å². The Labute approximate surface area is 192 Å². The first kappa shape index (κ1) is 20.7. The lowest BCUT2D eigenvalue weighted by Gasteiger charge is -2.29. The van der Waals surface area contributed by atoms with Crippen LogP contribution in [0.2, 0.25) is 0 Å². The predicted molar refractivity (Wildman–Crippen MR) is 130 cm³/mol. The van der Waals surface area contributed by atoms with E-state index in [9.17, 15) is 4.79 Å². The molecule has 0 saturated heterocycles. The number of hydrogen-bond acceptors (Lipinski definition) is 5. The number of pyridine rings is 2. The summed E-state index contributed by atoms with van der Waals surface area (Å²) in [6.45, 7) is 4.58. The molecule has 6 nitrogen and oxygen atoms in total. The van der Waals surface area contributed by atoms with E-state index in [1.165, 1.54) is 11.1 Å². The highest BCUT2D eigenvalue weighted by molar-refractivity contribution is 5.98. The molecule has 33 heavy (non-hydrogen) atoms. The molecule has 0 atom stereocenters. The number of benzene rings is 2. The Morgan fingerprint density at radius 3 is 2.52 bits per heavy atom. The number of aryl methyl sites for hydroxylation is 2. The van der Waals surface area contributed by atoms with E-state index in [2.05, 4.69) is 47.3 Å². The molecule has 0 aliphatic carbocycles. The number of hydrogen-bond donors (Lipinski definition) is 1. The maximum atomic E-state index is 12.7. The van der Waals surface area contributed by atoms with Crippen molar-refractivity contribution in [2.24, 2.45) is 0 Å². The van der Waals surface area contributed by atoms with Gasteiger partial charge in [0.05, 0.1) is 17.9 Å². The van der Waals surface area contributed by atoms with Crippen molar-refractivity contribution in [3.05, 3.63) is 95.9 Å². The number of nitrogens with one attached hydrogen (secondary N) is 1. The minimum Gasteiger partial charge on any atom is -0.482 e. The molecule has 6 heteroatoms. The zero-order valence-corrected chi connectivity index (χ0v) is 18.6. The summed E-state index contributed by atoms with van der Waals surface area (Å²) in [4.78, 5) is 23.3. The number of carbonyl (C=O) groups is 1. The predicted octanol–water partition coefficient (Wildman–Crippen LogP) is 5.43. The Morgan fingerprint density at radius 2 is 1.73 bits per heavy atom. The molecular weight excluding hydrogens is 412 g/mol. The molecule has 1 aliphatic heterocycles. The molecule has 0 spiro atoms. The average molecular weight is 437 g/mol. The lowest BCUT2D eigenvalue weighted by Crippen LogP contribution is -2.38. The zero-order chi connectivity index (χ0) is 22.8. The molecule has 5 rings (SSSR count). The van der Waals surface area contributed by atoms with Gasteiger partial charge in [-0.15, -0.1) is 0 Å². The molecule has 0 radical (unpaired) electrons. The number of ether oxygens (including phenoxy) is 1. The number of anilines is 3. The maximum Gasteiger partial charge on any atom is 0.265 e. The smallest absolute Gasteiger partial charge is 0.265 e. The summed E-state index contributed by atoms with van der Waals surface area (Å²) >= 11 is 0. The average Bonchev–Trinajstić information content (AvgIpc) is 2.81. The molecule has 0 unspecified atom stereocenters. The molecule has 2 aromatic carbocycles. The minimum atomic E-state index is -0.0859. The lowest BCUT2D eigenvalue weighted by atomic mass is 10.0. The van der Waals surface area contributed by atoms with Gasteiger partial charge < -0.3 is 10.1 Å². The summed E-state index contributed by atoms with van der Waals surface area (Å²) in [5.41, 5.74) is 6.94. The molecule has 0 fully saturated rings. The Kier molecular flexibility index (Phi) is 5.48. The zero-order valence-electron chi connectivity index (χ0n) is 18.6. The van der Waals surface area contributed by atoms with E-state index in [0.717, 1.165) is 34.0 Å². The second-order valence-corrected chi connectivity index (χ2v) is 8.20. The number of rotatable bonds is 5. The first-order valence-corrected chi connectivity index (χ1v) is 10.8. The van der Waals surface area contributed by atoms with E-state index in [-0.39, 0.29) is 12.5 Å². The van der Waals surface area contributed by atoms with E-state index in [1.54, 1.807) is 17.3 Å². The summed E-state index contributed by atoms with van der Waals surface area (Å²) < 4.78 is 5.68. The third-order valence-corrected chi connectivity index (χ3v) is 5.54. The van der Waals surface area contributed by atoms with Gasteiger partial charge in [0.1, 0.15) is 11.6 Å². The largest absolute Gasteiger partial charge is 0.482 e. The normalized spacial score (nSPS) is 12.8. The third kappa shape index (κ3) is 4.55. The molecule has 1 amide bonds. The molecule has 4 aromatic rings. The number of amides is 1. The molecule has 2 aromatic heterocycles. The highest BCUT2D eigenvalue weighted by atomic mass is 16.5. The van der Waals surface area contributed by atoms with Crippen LogP contribution in [-0.2, 0) is 11.3 Å². The van der Waals surface area contributed by atoms with Gasteiger partial charge in [-0.25, -0.2) is 4.98 Å². The first-order valence-electron chi connectivity index (χ1n) is 10.8. The Bertz CT molecular complexity index is 1300. The van der Waals surface area contributed by atoms with Crippen LogP contribution in [0.25, 0.3) is 11.1 Å². The Morgan fingerprint density at radius 1 is 0.909 bits per heavy atom. The molecule has 1 aliphatic rings. The molecule has 164 valence electrons. The van der Waals surface area contributed by atoms with Crippen molar-refractivity contribution >= 4 is 23.1 Å². The second-order valence-electron chi connectivity index (χ2n) is 8.20. The number of nitrogens with zero attached hydrogens (tertiary/aromatic N) is 3. The van der Waals surface area contributed by atoms with Gasteiger partial charge in [-0.2, -0.15) is 0 Å².